The van der Waals surface area contributed by atoms with Gasteiger partial charge in [-0.15, -0.1) is 0 Å². The van der Waals surface area contributed by atoms with Gasteiger partial charge in [0, 0.05) is 25.7 Å². The SMILES string of the molecule is CCCCCCCCCCCC(=O)OC[C@H](COP(=O)(O)OC[C@H](O)COP(=O)(O)OC[C@@H](COC(=O)CCCCCCCCCCCCCCCCC(C)C)OC(=O)CCCCCCCCCCCCCCCCC(C)CC)OC(=O)CCCCCCCCCCCCCC(C)C. The zero-order valence-corrected chi connectivity index (χ0v) is 66.0. The van der Waals surface area contributed by atoms with E-state index >= 15 is 0 Å². The van der Waals surface area contributed by atoms with Crippen LogP contribution in [0.4, 0.5) is 0 Å². The van der Waals surface area contributed by atoms with Gasteiger partial charge < -0.3 is 33.8 Å². The van der Waals surface area contributed by atoms with Crippen LogP contribution in [-0.4, -0.2) is 96.7 Å². The van der Waals surface area contributed by atoms with E-state index in [0.29, 0.717) is 25.7 Å². The lowest BCUT2D eigenvalue weighted by molar-refractivity contribution is -0.161. The molecule has 0 saturated carbocycles. The third-order valence-electron chi connectivity index (χ3n) is 18.7. The molecule has 0 bridgehead atoms. The fraction of sp³-hybridized carbons (Fsp3) is 0.949. The summed E-state index contributed by atoms with van der Waals surface area (Å²) in [5, 5.41) is 10.6. The Kier molecular flexibility index (Phi) is 68.1. The lowest BCUT2D eigenvalue weighted by atomic mass is 9.99. The predicted molar refractivity (Wildman–Crippen MR) is 400 cm³/mol. The number of hydrogen-bond acceptors (Lipinski definition) is 15. The first-order chi connectivity index (χ1) is 47.3. The first-order valence-corrected chi connectivity index (χ1v) is 43.9. The first kappa shape index (κ1) is 96.1. The summed E-state index contributed by atoms with van der Waals surface area (Å²) in [6.07, 6.45) is 56.8. The largest absolute Gasteiger partial charge is 0.472 e. The minimum absolute atomic E-state index is 0.106. The van der Waals surface area contributed by atoms with Crippen LogP contribution in [0, 0.1) is 17.8 Å². The lowest BCUT2D eigenvalue weighted by Gasteiger charge is -2.21. The Labute approximate surface area is 600 Å². The molecule has 0 aromatic carbocycles. The van der Waals surface area contributed by atoms with E-state index in [2.05, 4.69) is 48.5 Å². The number of esters is 4. The Morgan fingerprint density at radius 2 is 0.520 bits per heavy atom. The highest BCUT2D eigenvalue weighted by molar-refractivity contribution is 7.47. The quantitative estimate of drug-likeness (QED) is 0.0222. The minimum atomic E-state index is -4.96. The van der Waals surface area contributed by atoms with Crippen molar-refractivity contribution in [2.75, 3.05) is 39.6 Å². The number of unbranched alkanes of at least 4 members (excludes halogenated alkanes) is 44. The zero-order valence-electron chi connectivity index (χ0n) is 64.3. The molecule has 0 saturated heterocycles. The number of hydrogen-bond donors (Lipinski definition) is 3. The maximum absolute atomic E-state index is 13.1. The van der Waals surface area contributed by atoms with Crippen molar-refractivity contribution in [1.29, 1.82) is 0 Å². The predicted octanol–water partition coefficient (Wildman–Crippen LogP) is 23.4. The van der Waals surface area contributed by atoms with Crippen molar-refractivity contribution < 1.29 is 80.2 Å². The molecule has 0 fully saturated rings. The molecule has 3 N–H and O–H groups in total. The second-order valence-electron chi connectivity index (χ2n) is 29.6. The van der Waals surface area contributed by atoms with E-state index in [1.54, 1.807) is 0 Å². The summed E-state index contributed by atoms with van der Waals surface area (Å²) < 4.78 is 68.6. The molecule has 0 aromatic heterocycles. The van der Waals surface area contributed by atoms with Crippen LogP contribution in [0.25, 0.3) is 0 Å². The Morgan fingerprint density at radius 1 is 0.296 bits per heavy atom. The number of ether oxygens (including phenoxy) is 4. The van der Waals surface area contributed by atoms with Crippen molar-refractivity contribution in [3.63, 3.8) is 0 Å². The van der Waals surface area contributed by atoms with Crippen LogP contribution in [0.5, 0.6) is 0 Å². The molecule has 6 atom stereocenters. The standard InChI is InChI=1S/C79H154O17P2/c1-8-10-11-12-13-29-39-46-53-60-76(81)89-66-74(95-79(84)63-56-49-42-35-28-22-24-31-37-44-51-58-71(5)6)68-93-97(85,86)91-64-73(80)65-92-98(87,88)94-69-75(67-90-77(82)61-54-47-40-33-26-20-16-14-18-23-30-36-43-50-57-70(3)4)96-78(83)62-55-48-41-34-27-21-17-15-19-25-32-38-45-52-59-72(7)9-2/h70-75,80H,8-69H2,1-7H3,(H,85,86)(H,87,88)/t72?,73-,74+,75+/m0/s1. The van der Waals surface area contributed by atoms with Gasteiger partial charge in [0.05, 0.1) is 26.4 Å². The van der Waals surface area contributed by atoms with Crippen LogP contribution >= 0.6 is 15.6 Å². The molecule has 17 nitrogen and oxygen atoms in total. The van der Waals surface area contributed by atoms with Crippen molar-refractivity contribution in [3.05, 3.63) is 0 Å². The summed E-state index contributed by atoms with van der Waals surface area (Å²) in [4.78, 5) is 72.9. The van der Waals surface area contributed by atoms with E-state index in [1.165, 1.54) is 218 Å². The number of carbonyl (C=O) groups is 4. The van der Waals surface area contributed by atoms with Gasteiger partial charge in [0.15, 0.2) is 12.2 Å². The van der Waals surface area contributed by atoms with E-state index < -0.39 is 97.5 Å². The molecule has 0 spiro atoms. The molecule has 0 amide bonds. The van der Waals surface area contributed by atoms with Crippen molar-refractivity contribution in [1.82, 2.24) is 0 Å². The van der Waals surface area contributed by atoms with Crippen LogP contribution in [0.3, 0.4) is 0 Å². The Hall–Kier alpha value is -1.94. The highest BCUT2D eigenvalue weighted by Crippen LogP contribution is 2.45. The fourth-order valence-electron chi connectivity index (χ4n) is 12.1. The van der Waals surface area contributed by atoms with E-state index in [4.69, 9.17) is 37.0 Å². The number of aliphatic hydroxyl groups excluding tert-OH is 1. The highest BCUT2D eigenvalue weighted by Gasteiger charge is 2.30. The summed E-state index contributed by atoms with van der Waals surface area (Å²) in [6.45, 7) is 12.0. The molecule has 0 aliphatic heterocycles. The summed E-state index contributed by atoms with van der Waals surface area (Å²) in [5.74, 6) is 0.297. The van der Waals surface area contributed by atoms with Crippen LogP contribution in [0.1, 0.15) is 408 Å². The summed E-state index contributed by atoms with van der Waals surface area (Å²) >= 11 is 0. The number of phosphoric acid groups is 2. The van der Waals surface area contributed by atoms with E-state index in [1.807, 2.05) is 0 Å². The minimum Gasteiger partial charge on any atom is -0.462 e. The van der Waals surface area contributed by atoms with Crippen LogP contribution < -0.4 is 0 Å². The molecule has 3 unspecified atom stereocenters. The van der Waals surface area contributed by atoms with Gasteiger partial charge in [0.1, 0.15) is 19.3 Å². The van der Waals surface area contributed by atoms with Crippen LogP contribution in [-0.2, 0) is 65.4 Å². The third kappa shape index (κ3) is 71.1. The van der Waals surface area contributed by atoms with Gasteiger partial charge in [-0.25, -0.2) is 9.13 Å². The summed E-state index contributed by atoms with van der Waals surface area (Å²) in [6, 6.07) is 0. The monoisotopic (exact) mass is 1440 g/mol. The van der Waals surface area contributed by atoms with E-state index in [0.717, 1.165) is 108 Å². The smallest absolute Gasteiger partial charge is 0.462 e. The molecule has 582 valence electrons. The van der Waals surface area contributed by atoms with Crippen LogP contribution in [0.15, 0.2) is 0 Å². The topological polar surface area (TPSA) is 237 Å². The molecular formula is C79H154O17P2. The van der Waals surface area contributed by atoms with Crippen molar-refractivity contribution in [2.24, 2.45) is 17.8 Å². The fourth-order valence-corrected chi connectivity index (χ4v) is 13.7. The molecule has 0 aliphatic rings. The van der Waals surface area contributed by atoms with Gasteiger partial charge in [-0.2, -0.15) is 0 Å². The Balaban J connectivity index is 5.24. The van der Waals surface area contributed by atoms with E-state index in [-0.39, 0.29) is 25.7 Å². The second-order valence-corrected chi connectivity index (χ2v) is 32.6. The van der Waals surface area contributed by atoms with Gasteiger partial charge in [-0.3, -0.25) is 37.3 Å². The molecule has 0 rings (SSSR count). The Morgan fingerprint density at radius 3 is 0.776 bits per heavy atom. The molecule has 0 aliphatic carbocycles. The van der Waals surface area contributed by atoms with Gasteiger partial charge in [0.25, 0.3) is 0 Å². The molecule has 19 heteroatoms. The highest BCUT2D eigenvalue weighted by atomic mass is 31.2. The van der Waals surface area contributed by atoms with Gasteiger partial charge in [-0.05, 0) is 43.4 Å². The van der Waals surface area contributed by atoms with Gasteiger partial charge >= 0.3 is 39.5 Å². The maximum Gasteiger partial charge on any atom is 0.472 e. The summed E-state index contributed by atoms with van der Waals surface area (Å²) in [7, 11) is -9.92. The lowest BCUT2D eigenvalue weighted by Crippen LogP contribution is -2.30. The average Bonchev–Trinajstić information content (AvgIpc) is 1.07. The van der Waals surface area contributed by atoms with Gasteiger partial charge in [-0.1, -0.05) is 357 Å². The average molecular weight is 1440 g/mol. The first-order valence-electron chi connectivity index (χ1n) is 40.9. The summed E-state index contributed by atoms with van der Waals surface area (Å²) in [5.41, 5.74) is 0. The Bertz CT molecular complexity index is 1910. The van der Waals surface area contributed by atoms with Crippen LogP contribution in [0.2, 0.25) is 0 Å². The van der Waals surface area contributed by atoms with E-state index in [9.17, 15) is 43.2 Å². The van der Waals surface area contributed by atoms with Crippen molar-refractivity contribution >= 4 is 39.5 Å². The number of carbonyl (C=O) groups excluding carboxylic acids is 4. The maximum atomic E-state index is 13.1. The van der Waals surface area contributed by atoms with Gasteiger partial charge in [0.2, 0.25) is 0 Å². The third-order valence-corrected chi connectivity index (χ3v) is 20.6. The normalized spacial score (nSPS) is 14.3. The number of phosphoric ester groups is 2. The zero-order chi connectivity index (χ0) is 72.3. The molecule has 0 radical (unpaired) electrons. The van der Waals surface area contributed by atoms with Crippen molar-refractivity contribution in [3.8, 4) is 0 Å². The second kappa shape index (κ2) is 69.4. The number of rotatable bonds is 77. The molecule has 0 aromatic rings. The molecule has 0 heterocycles. The number of aliphatic hydroxyl groups is 1. The molecular weight excluding hydrogens is 1280 g/mol. The molecule has 98 heavy (non-hydrogen) atoms. The van der Waals surface area contributed by atoms with Crippen molar-refractivity contribution in [2.45, 2.75) is 426 Å².